The number of alkyl carbamates (subject to hydrolysis) is 1. The highest BCUT2D eigenvalue weighted by atomic mass is 16.6. The predicted octanol–water partition coefficient (Wildman–Crippen LogP) is 4.90. The van der Waals surface area contributed by atoms with Crippen LogP contribution in [0.25, 0.3) is 0 Å². The first-order valence-corrected chi connectivity index (χ1v) is 15.9. The maximum absolute atomic E-state index is 13.1. The van der Waals surface area contributed by atoms with E-state index < -0.39 is 23.8 Å². The third-order valence-electron chi connectivity index (χ3n) is 6.85. The summed E-state index contributed by atoms with van der Waals surface area (Å²) in [6.45, 7) is 6.24. The molecule has 258 valence electrons. The van der Waals surface area contributed by atoms with E-state index in [0.29, 0.717) is 52.9 Å². The van der Waals surface area contributed by atoms with Crippen molar-refractivity contribution in [2.75, 3.05) is 44.4 Å². The second-order valence-electron chi connectivity index (χ2n) is 12.3. The van der Waals surface area contributed by atoms with Crippen LogP contribution in [0.15, 0.2) is 66.9 Å². The summed E-state index contributed by atoms with van der Waals surface area (Å²) in [4.78, 5) is 43.1. The van der Waals surface area contributed by atoms with Gasteiger partial charge in [0.15, 0.2) is 12.8 Å². The number of amidine groups is 1. The lowest BCUT2D eigenvalue weighted by Gasteiger charge is -2.19. The van der Waals surface area contributed by atoms with Gasteiger partial charge in [0.1, 0.15) is 23.0 Å². The number of aliphatic hydroxyl groups is 1. The molecule has 13 heteroatoms. The average Bonchev–Trinajstić information content (AvgIpc) is 3.04. The van der Waals surface area contributed by atoms with E-state index in [-0.39, 0.29) is 12.5 Å². The number of rotatable bonds is 16. The second kappa shape index (κ2) is 18.2. The number of unbranched alkanes of at least 4 members (excludes halogenated alkanes) is 3. The fourth-order valence-corrected chi connectivity index (χ4v) is 4.40. The van der Waals surface area contributed by atoms with Crippen molar-refractivity contribution in [3.8, 4) is 5.75 Å². The fourth-order valence-electron chi connectivity index (χ4n) is 4.40. The summed E-state index contributed by atoms with van der Waals surface area (Å²) in [5.74, 6) is 0.365. The van der Waals surface area contributed by atoms with Crippen LogP contribution in [0.4, 0.5) is 16.3 Å². The van der Waals surface area contributed by atoms with E-state index in [9.17, 15) is 19.5 Å². The van der Waals surface area contributed by atoms with Gasteiger partial charge in [0.2, 0.25) is 0 Å². The van der Waals surface area contributed by atoms with Gasteiger partial charge in [-0.1, -0.05) is 31.0 Å². The minimum atomic E-state index is -1.27. The van der Waals surface area contributed by atoms with Gasteiger partial charge >= 0.3 is 6.09 Å². The molecule has 3 rings (SSSR count). The number of carbonyl (C=O) groups is 3. The van der Waals surface area contributed by atoms with E-state index in [1.54, 1.807) is 85.9 Å². The van der Waals surface area contributed by atoms with Crippen LogP contribution < -0.4 is 26.0 Å². The van der Waals surface area contributed by atoms with Crippen LogP contribution in [-0.4, -0.2) is 78.1 Å². The number of nitrogens with zero attached hydrogens (tertiary/aromatic N) is 2. The first-order valence-electron chi connectivity index (χ1n) is 15.9. The summed E-state index contributed by atoms with van der Waals surface area (Å²) < 4.78 is 10.9. The molecule has 1 unspecified atom stereocenters. The Morgan fingerprint density at radius 3 is 2.21 bits per heavy atom. The molecule has 0 fully saturated rings. The number of pyridine rings is 1. The summed E-state index contributed by atoms with van der Waals surface area (Å²) >= 11 is 0. The summed E-state index contributed by atoms with van der Waals surface area (Å²) in [7, 11) is 3.55. The fraction of sp³-hybridized carbons (Fsp3) is 0.400. The predicted molar refractivity (Wildman–Crippen MR) is 185 cm³/mol. The number of carbonyl (C=O) groups excluding carboxylic acids is 3. The number of hydrogen-bond acceptors (Lipinski definition) is 9. The molecule has 0 aliphatic rings. The molecule has 6 N–H and O–H groups in total. The number of ether oxygens (including phenoxy) is 2. The first-order chi connectivity index (χ1) is 22.8. The molecule has 0 aliphatic heterocycles. The third kappa shape index (κ3) is 12.9. The van der Waals surface area contributed by atoms with Gasteiger partial charge in [-0.3, -0.25) is 15.0 Å². The number of hydrogen-bond donors (Lipinski definition) is 6. The SMILES string of the molecule is CN(C)C(=N)c1ccc(C(=O)Nc2ccc(OCC(=O)NCCCCCCNC(=O)OC(C)(C)C)cc2C(O)Nc2ccccn2)cc1. The maximum Gasteiger partial charge on any atom is 0.407 e. The van der Waals surface area contributed by atoms with Gasteiger partial charge in [-0.2, -0.15) is 0 Å². The molecule has 1 aromatic heterocycles. The minimum Gasteiger partial charge on any atom is -0.484 e. The number of nitrogens with one attached hydrogen (secondary N) is 5. The molecule has 3 aromatic rings. The van der Waals surface area contributed by atoms with Crippen molar-refractivity contribution in [3.63, 3.8) is 0 Å². The Labute approximate surface area is 281 Å². The summed E-state index contributed by atoms with van der Waals surface area (Å²) in [6, 6.07) is 16.6. The van der Waals surface area contributed by atoms with E-state index in [4.69, 9.17) is 14.9 Å². The van der Waals surface area contributed by atoms with Gasteiger partial charge in [0.05, 0.1) is 0 Å². The largest absolute Gasteiger partial charge is 0.484 e. The topological polar surface area (TPSA) is 178 Å². The molecule has 13 nitrogen and oxygen atoms in total. The van der Waals surface area contributed by atoms with Gasteiger partial charge in [-0.25, -0.2) is 9.78 Å². The number of aliphatic hydroxyl groups excluding tert-OH is 1. The van der Waals surface area contributed by atoms with Crippen molar-refractivity contribution in [1.82, 2.24) is 20.5 Å². The Morgan fingerprint density at radius 1 is 0.917 bits per heavy atom. The van der Waals surface area contributed by atoms with Crippen molar-refractivity contribution in [2.24, 2.45) is 0 Å². The smallest absolute Gasteiger partial charge is 0.407 e. The van der Waals surface area contributed by atoms with E-state index in [2.05, 4.69) is 26.3 Å². The van der Waals surface area contributed by atoms with Crippen molar-refractivity contribution < 1.29 is 29.0 Å². The van der Waals surface area contributed by atoms with Gasteiger partial charge in [-0.05, 0) is 76.1 Å². The first kappa shape index (κ1) is 37.3. The highest BCUT2D eigenvalue weighted by Crippen LogP contribution is 2.29. The maximum atomic E-state index is 13.1. The van der Waals surface area contributed by atoms with Crippen molar-refractivity contribution in [1.29, 1.82) is 5.41 Å². The van der Waals surface area contributed by atoms with Crippen molar-refractivity contribution >= 4 is 35.2 Å². The molecule has 0 spiro atoms. The Bertz CT molecular complexity index is 1510. The van der Waals surface area contributed by atoms with E-state index in [0.717, 1.165) is 25.7 Å². The summed E-state index contributed by atoms with van der Waals surface area (Å²) in [5.41, 5.74) is 1.15. The molecule has 0 saturated carbocycles. The minimum absolute atomic E-state index is 0.233. The van der Waals surface area contributed by atoms with Gasteiger partial charge in [0.25, 0.3) is 11.8 Å². The van der Waals surface area contributed by atoms with Gasteiger partial charge < -0.3 is 40.7 Å². The van der Waals surface area contributed by atoms with Crippen LogP contribution in [0.3, 0.4) is 0 Å². The average molecular weight is 662 g/mol. The van der Waals surface area contributed by atoms with Crippen LogP contribution >= 0.6 is 0 Å². The van der Waals surface area contributed by atoms with E-state index in [1.165, 1.54) is 0 Å². The van der Waals surface area contributed by atoms with Crippen LogP contribution in [0.5, 0.6) is 5.75 Å². The van der Waals surface area contributed by atoms with E-state index >= 15 is 0 Å². The van der Waals surface area contributed by atoms with E-state index in [1.807, 2.05) is 20.8 Å². The summed E-state index contributed by atoms with van der Waals surface area (Å²) in [5, 5.41) is 30.5. The van der Waals surface area contributed by atoms with Gasteiger partial charge in [0, 0.05) is 55.8 Å². The van der Waals surface area contributed by atoms with Crippen molar-refractivity contribution in [3.05, 3.63) is 83.6 Å². The molecule has 48 heavy (non-hydrogen) atoms. The molecular weight excluding hydrogens is 614 g/mol. The van der Waals surface area contributed by atoms with Crippen LogP contribution in [0, 0.1) is 5.41 Å². The van der Waals surface area contributed by atoms with Crippen LogP contribution in [0.1, 0.15) is 74.2 Å². The number of amides is 3. The van der Waals surface area contributed by atoms with Crippen LogP contribution in [-0.2, 0) is 9.53 Å². The highest BCUT2D eigenvalue weighted by Gasteiger charge is 2.18. The van der Waals surface area contributed by atoms with Crippen molar-refractivity contribution in [2.45, 2.75) is 58.3 Å². The molecule has 3 amide bonds. The molecule has 0 radical (unpaired) electrons. The standard InChI is InChI=1S/C35H47N7O6/c1-35(2,3)48-34(46)39-21-10-7-6-9-20-38-30(43)23-47-26-17-18-28(27(22-26)33(45)41-29-12-8-11-19-37-29)40-32(44)25-15-13-24(14-16-25)31(36)42(4)5/h8,11-19,22,33,36,45H,6-7,9-10,20-21,23H2,1-5H3,(H,37,41)(H,38,43)(H,39,46)(H,40,44). The zero-order valence-corrected chi connectivity index (χ0v) is 28.3. The van der Waals surface area contributed by atoms with Gasteiger partial charge in [-0.15, -0.1) is 0 Å². The van der Waals surface area contributed by atoms with Crippen LogP contribution in [0.2, 0.25) is 0 Å². The zero-order chi connectivity index (χ0) is 35.1. The molecule has 2 aromatic carbocycles. The lowest BCUT2D eigenvalue weighted by atomic mass is 10.1. The highest BCUT2D eigenvalue weighted by molar-refractivity contribution is 6.05. The molecule has 0 saturated heterocycles. The molecule has 0 bridgehead atoms. The lowest BCUT2D eigenvalue weighted by Crippen LogP contribution is -2.33. The molecule has 1 heterocycles. The Morgan fingerprint density at radius 2 is 1.58 bits per heavy atom. The Hall–Kier alpha value is -5.17. The monoisotopic (exact) mass is 661 g/mol. The number of benzene rings is 2. The normalized spacial score (nSPS) is 11.5. The lowest BCUT2D eigenvalue weighted by molar-refractivity contribution is -0.123. The Balaban J connectivity index is 1.54. The molecular formula is C35H47N7O6. The quantitative estimate of drug-likeness (QED) is 0.0539. The number of aromatic nitrogens is 1. The molecule has 0 aliphatic carbocycles. The second-order valence-corrected chi connectivity index (χ2v) is 12.3. The zero-order valence-electron chi connectivity index (χ0n) is 28.3. The number of anilines is 2. The molecule has 1 atom stereocenters. The summed E-state index contributed by atoms with van der Waals surface area (Å²) in [6.07, 6.45) is 3.27. The Kier molecular flexibility index (Phi) is 14.2. The third-order valence-corrected chi connectivity index (χ3v) is 6.85.